The number of carbonyl (C=O) groups is 2. The van der Waals surface area contributed by atoms with Crippen molar-refractivity contribution in [1.82, 2.24) is 0 Å². The molecular formula is C21H32O3. The van der Waals surface area contributed by atoms with Crippen LogP contribution in [-0.2, 0) is 14.3 Å². The molecule has 134 valence electrons. The van der Waals surface area contributed by atoms with Crippen molar-refractivity contribution in [1.29, 1.82) is 0 Å². The van der Waals surface area contributed by atoms with Gasteiger partial charge in [0.2, 0.25) is 0 Å². The third kappa shape index (κ3) is 2.84. The predicted molar refractivity (Wildman–Crippen MR) is 94.3 cm³/mol. The van der Waals surface area contributed by atoms with Gasteiger partial charge in [-0.2, -0.15) is 0 Å². The summed E-state index contributed by atoms with van der Waals surface area (Å²) in [5, 5.41) is 0. The zero-order valence-corrected chi connectivity index (χ0v) is 15.8. The van der Waals surface area contributed by atoms with Gasteiger partial charge >= 0.3 is 5.97 Å². The molecule has 0 aliphatic heterocycles. The van der Waals surface area contributed by atoms with Crippen molar-refractivity contribution in [3.8, 4) is 0 Å². The SMILES string of the molecule is CC(=O)OC(C)[C@@]1(C)CC[C@H]2[C@@H]([C@H](C)CC3=CC(=O)CC[C@@H]32)[C@@H]1C. The van der Waals surface area contributed by atoms with Crippen LogP contribution in [0.4, 0.5) is 0 Å². The zero-order chi connectivity index (χ0) is 17.6. The Bertz CT molecular complexity index is 563. The molecule has 2 fully saturated rings. The van der Waals surface area contributed by atoms with E-state index in [9.17, 15) is 9.59 Å². The molecule has 0 aromatic carbocycles. The highest BCUT2D eigenvalue weighted by atomic mass is 16.5. The molecule has 1 unspecified atom stereocenters. The van der Waals surface area contributed by atoms with Crippen LogP contribution in [0.3, 0.4) is 0 Å². The Labute approximate surface area is 146 Å². The molecule has 2 saturated carbocycles. The van der Waals surface area contributed by atoms with Crippen LogP contribution in [0.1, 0.15) is 66.7 Å². The summed E-state index contributed by atoms with van der Waals surface area (Å²) >= 11 is 0. The molecule has 0 saturated heterocycles. The van der Waals surface area contributed by atoms with Crippen molar-refractivity contribution in [2.75, 3.05) is 0 Å². The number of allylic oxidation sites excluding steroid dienone is 2. The lowest BCUT2D eigenvalue weighted by Crippen LogP contribution is -2.52. The number of ether oxygens (including phenoxy) is 1. The fraction of sp³-hybridized carbons (Fsp3) is 0.810. The average Bonchev–Trinajstić information content (AvgIpc) is 2.49. The van der Waals surface area contributed by atoms with Crippen LogP contribution in [-0.4, -0.2) is 17.9 Å². The van der Waals surface area contributed by atoms with E-state index in [1.54, 1.807) is 0 Å². The second kappa shape index (κ2) is 6.31. The first-order chi connectivity index (χ1) is 11.2. The van der Waals surface area contributed by atoms with Gasteiger partial charge in [0, 0.05) is 18.8 Å². The minimum atomic E-state index is -0.175. The van der Waals surface area contributed by atoms with Crippen LogP contribution in [0.15, 0.2) is 11.6 Å². The fourth-order valence-corrected chi connectivity index (χ4v) is 6.13. The van der Waals surface area contributed by atoms with Gasteiger partial charge in [-0.15, -0.1) is 0 Å². The average molecular weight is 332 g/mol. The van der Waals surface area contributed by atoms with E-state index >= 15 is 0 Å². The van der Waals surface area contributed by atoms with Gasteiger partial charge in [-0.1, -0.05) is 26.3 Å². The molecular weight excluding hydrogens is 300 g/mol. The summed E-state index contributed by atoms with van der Waals surface area (Å²) in [5.74, 6) is 3.25. The standard InChI is InChI=1S/C21H32O3/c1-12-10-16-11-17(23)6-7-18(16)19-8-9-21(5,13(2)20(12)19)14(3)24-15(4)22/h11-14,18-20H,6-10H2,1-5H3/t12-,13+,14?,18+,19-,20+,21+/m1/s1. The Morgan fingerprint density at radius 3 is 2.71 bits per heavy atom. The summed E-state index contributed by atoms with van der Waals surface area (Å²) in [5.41, 5.74) is 1.47. The zero-order valence-electron chi connectivity index (χ0n) is 15.8. The van der Waals surface area contributed by atoms with Crippen LogP contribution < -0.4 is 0 Å². The van der Waals surface area contributed by atoms with E-state index in [1.807, 2.05) is 6.08 Å². The summed E-state index contributed by atoms with van der Waals surface area (Å²) in [6, 6.07) is 0. The molecule has 0 aromatic rings. The number of fused-ring (bicyclic) bond motifs is 3. The summed E-state index contributed by atoms with van der Waals surface area (Å²) in [7, 11) is 0. The van der Waals surface area contributed by atoms with Gasteiger partial charge in [0.1, 0.15) is 6.10 Å². The number of esters is 1. The Morgan fingerprint density at radius 1 is 1.33 bits per heavy atom. The first-order valence-electron chi connectivity index (χ1n) is 9.64. The quantitative estimate of drug-likeness (QED) is 0.697. The summed E-state index contributed by atoms with van der Waals surface area (Å²) < 4.78 is 5.60. The largest absolute Gasteiger partial charge is 0.462 e. The van der Waals surface area contributed by atoms with Crippen molar-refractivity contribution in [2.24, 2.45) is 35.0 Å². The van der Waals surface area contributed by atoms with Crippen LogP contribution in [0.5, 0.6) is 0 Å². The van der Waals surface area contributed by atoms with E-state index in [-0.39, 0.29) is 17.5 Å². The van der Waals surface area contributed by atoms with Crippen molar-refractivity contribution >= 4 is 11.8 Å². The van der Waals surface area contributed by atoms with Gasteiger partial charge in [0.05, 0.1) is 0 Å². The lowest BCUT2D eigenvalue weighted by atomic mass is 9.48. The Morgan fingerprint density at radius 2 is 2.04 bits per heavy atom. The van der Waals surface area contributed by atoms with Gasteiger partial charge in [0.15, 0.2) is 5.78 Å². The van der Waals surface area contributed by atoms with E-state index in [4.69, 9.17) is 4.74 Å². The van der Waals surface area contributed by atoms with Gasteiger partial charge in [0.25, 0.3) is 0 Å². The highest BCUT2D eigenvalue weighted by molar-refractivity contribution is 5.91. The highest BCUT2D eigenvalue weighted by Crippen LogP contribution is 2.59. The molecule has 24 heavy (non-hydrogen) atoms. The molecule has 0 aromatic heterocycles. The van der Waals surface area contributed by atoms with E-state index < -0.39 is 0 Å². The first-order valence-corrected chi connectivity index (χ1v) is 9.64. The summed E-state index contributed by atoms with van der Waals surface area (Å²) in [6.07, 6.45) is 7.05. The lowest BCUT2D eigenvalue weighted by molar-refractivity contribution is -0.162. The van der Waals surface area contributed by atoms with Crippen LogP contribution in [0.2, 0.25) is 0 Å². The van der Waals surface area contributed by atoms with E-state index in [2.05, 4.69) is 27.7 Å². The number of rotatable bonds is 2. The Kier molecular flexibility index (Phi) is 4.65. The molecule has 7 atom stereocenters. The monoisotopic (exact) mass is 332 g/mol. The molecule has 3 rings (SSSR count). The smallest absolute Gasteiger partial charge is 0.302 e. The molecule has 0 spiro atoms. The third-order valence-corrected chi connectivity index (χ3v) is 7.66. The number of hydrogen-bond donors (Lipinski definition) is 0. The number of carbonyl (C=O) groups excluding carboxylic acids is 2. The van der Waals surface area contributed by atoms with Gasteiger partial charge in [-0.3, -0.25) is 9.59 Å². The van der Waals surface area contributed by atoms with Gasteiger partial charge in [-0.05, 0) is 68.3 Å². The molecule has 0 bridgehead atoms. The number of hydrogen-bond acceptors (Lipinski definition) is 3. The Balaban J connectivity index is 1.86. The minimum Gasteiger partial charge on any atom is -0.462 e. The van der Waals surface area contributed by atoms with Gasteiger partial charge < -0.3 is 4.74 Å². The maximum atomic E-state index is 11.8. The van der Waals surface area contributed by atoms with Crippen molar-refractivity contribution in [3.05, 3.63) is 11.6 Å². The fourth-order valence-electron chi connectivity index (χ4n) is 6.13. The normalized spacial score (nSPS) is 43.3. The van der Waals surface area contributed by atoms with Crippen molar-refractivity contribution in [2.45, 2.75) is 72.8 Å². The second-order valence-electron chi connectivity index (χ2n) is 8.84. The van der Waals surface area contributed by atoms with E-state index in [0.717, 1.165) is 25.7 Å². The topological polar surface area (TPSA) is 43.4 Å². The third-order valence-electron chi connectivity index (χ3n) is 7.66. The van der Waals surface area contributed by atoms with E-state index in [1.165, 1.54) is 18.9 Å². The second-order valence-corrected chi connectivity index (χ2v) is 8.84. The molecule has 3 nitrogen and oxygen atoms in total. The number of ketones is 1. The highest BCUT2D eigenvalue weighted by Gasteiger charge is 2.53. The molecule has 0 radical (unpaired) electrons. The predicted octanol–water partition coefficient (Wildman–Crippen LogP) is 4.55. The van der Waals surface area contributed by atoms with E-state index in [0.29, 0.717) is 35.4 Å². The molecule has 3 heteroatoms. The first kappa shape index (κ1) is 17.7. The maximum Gasteiger partial charge on any atom is 0.302 e. The summed E-state index contributed by atoms with van der Waals surface area (Å²) in [6.45, 7) is 10.6. The van der Waals surface area contributed by atoms with Gasteiger partial charge in [-0.25, -0.2) is 0 Å². The van der Waals surface area contributed by atoms with Crippen molar-refractivity contribution < 1.29 is 14.3 Å². The lowest BCUT2D eigenvalue weighted by Gasteiger charge is -2.57. The van der Waals surface area contributed by atoms with Crippen LogP contribution in [0, 0.1) is 35.0 Å². The minimum absolute atomic E-state index is 0.0389. The van der Waals surface area contributed by atoms with Crippen LogP contribution in [0.25, 0.3) is 0 Å². The molecule has 0 amide bonds. The van der Waals surface area contributed by atoms with Crippen molar-refractivity contribution in [3.63, 3.8) is 0 Å². The molecule has 3 aliphatic rings. The Hall–Kier alpha value is -1.12. The van der Waals surface area contributed by atoms with Crippen LogP contribution >= 0.6 is 0 Å². The summed E-state index contributed by atoms with van der Waals surface area (Å²) in [4.78, 5) is 23.3. The molecule has 0 N–H and O–H groups in total. The maximum absolute atomic E-state index is 11.8. The molecule has 3 aliphatic carbocycles. The molecule has 0 heterocycles.